The Labute approximate surface area is 119 Å². The number of aryl methyl sites for hydroxylation is 1. The van der Waals surface area contributed by atoms with Crippen LogP contribution in [0.1, 0.15) is 44.1 Å². The van der Waals surface area contributed by atoms with E-state index in [1.807, 2.05) is 13.0 Å². The van der Waals surface area contributed by atoms with Gasteiger partial charge in [-0.25, -0.2) is 0 Å². The first-order valence-corrected chi connectivity index (χ1v) is 7.21. The van der Waals surface area contributed by atoms with Gasteiger partial charge in [-0.15, -0.1) is 0 Å². The van der Waals surface area contributed by atoms with Crippen LogP contribution in [0.3, 0.4) is 0 Å². The topological polar surface area (TPSA) is 75.4 Å². The lowest BCUT2D eigenvalue weighted by molar-refractivity contribution is -0.384. The van der Waals surface area contributed by atoms with Crippen molar-refractivity contribution in [3.63, 3.8) is 0 Å². The van der Waals surface area contributed by atoms with Gasteiger partial charge < -0.3 is 10.4 Å². The number of hydrogen-bond donors (Lipinski definition) is 2. The molecule has 0 spiro atoms. The first-order chi connectivity index (χ1) is 9.48. The first-order valence-electron chi connectivity index (χ1n) is 7.21. The average molecular weight is 278 g/mol. The minimum absolute atomic E-state index is 0.0837. The predicted octanol–water partition coefficient (Wildman–Crippen LogP) is 3.40. The minimum Gasteiger partial charge on any atom is -0.388 e. The zero-order valence-electron chi connectivity index (χ0n) is 11.9. The van der Waals surface area contributed by atoms with Crippen molar-refractivity contribution in [2.75, 3.05) is 11.9 Å². The fourth-order valence-corrected chi connectivity index (χ4v) is 2.80. The molecule has 0 unspecified atom stereocenters. The number of non-ortho nitro benzene ring substituents is 1. The van der Waals surface area contributed by atoms with E-state index in [0.717, 1.165) is 31.2 Å². The van der Waals surface area contributed by atoms with Gasteiger partial charge in [-0.1, -0.05) is 25.7 Å². The van der Waals surface area contributed by atoms with Crippen LogP contribution in [0.15, 0.2) is 18.2 Å². The number of nitrogens with zero attached hydrogens (tertiary/aromatic N) is 1. The second-order valence-corrected chi connectivity index (χ2v) is 5.81. The molecule has 0 aliphatic heterocycles. The fraction of sp³-hybridized carbons (Fsp3) is 0.600. The van der Waals surface area contributed by atoms with E-state index in [4.69, 9.17) is 0 Å². The van der Waals surface area contributed by atoms with Crippen LogP contribution in [0, 0.1) is 17.0 Å². The van der Waals surface area contributed by atoms with Gasteiger partial charge in [0.25, 0.3) is 5.69 Å². The molecule has 1 fully saturated rings. The van der Waals surface area contributed by atoms with Gasteiger partial charge in [0.15, 0.2) is 0 Å². The molecule has 1 aliphatic rings. The van der Waals surface area contributed by atoms with Gasteiger partial charge in [0.2, 0.25) is 0 Å². The molecule has 5 heteroatoms. The zero-order chi connectivity index (χ0) is 14.6. The third-order valence-corrected chi connectivity index (χ3v) is 3.93. The molecule has 1 aliphatic carbocycles. The number of aliphatic hydroxyl groups is 1. The molecule has 0 atom stereocenters. The second-order valence-electron chi connectivity index (χ2n) is 5.81. The maximum absolute atomic E-state index is 10.8. The summed E-state index contributed by atoms with van der Waals surface area (Å²) in [6.45, 7) is 2.28. The number of anilines is 1. The number of nitrogens with one attached hydrogen (secondary N) is 1. The summed E-state index contributed by atoms with van der Waals surface area (Å²) in [6.07, 6.45) is 6.05. The zero-order valence-corrected chi connectivity index (χ0v) is 11.9. The van der Waals surface area contributed by atoms with Crippen LogP contribution >= 0.6 is 0 Å². The molecule has 0 saturated heterocycles. The summed E-state index contributed by atoms with van der Waals surface area (Å²) in [5.74, 6) is 0. The summed E-state index contributed by atoms with van der Waals surface area (Å²) < 4.78 is 0. The largest absolute Gasteiger partial charge is 0.388 e. The van der Waals surface area contributed by atoms with Crippen molar-refractivity contribution in [1.29, 1.82) is 0 Å². The van der Waals surface area contributed by atoms with Crippen LogP contribution in [0.4, 0.5) is 11.4 Å². The standard InChI is InChI=1S/C15H22N2O3/c1-12-8-13(10-14(9-12)17(19)20)16-11-15(18)6-4-2-3-5-7-15/h8-10,16,18H,2-7,11H2,1H3. The number of hydrogen-bond acceptors (Lipinski definition) is 4. The van der Waals surface area contributed by atoms with E-state index in [9.17, 15) is 15.2 Å². The van der Waals surface area contributed by atoms with Crippen molar-refractivity contribution in [3.8, 4) is 0 Å². The average Bonchev–Trinajstić information content (AvgIpc) is 2.61. The molecule has 0 radical (unpaired) electrons. The van der Waals surface area contributed by atoms with Crippen molar-refractivity contribution in [1.82, 2.24) is 0 Å². The van der Waals surface area contributed by atoms with E-state index in [0.29, 0.717) is 12.2 Å². The van der Waals surface area contributed by atoms with Crippen LogP contribution in [-0.4, -0.2) is 22.2 Å². The highest BCUT2D eigenvalue weighted by Crippen LogP contribution is 2.28. The van der Waals surface area contributed by atoms with Gasteiger partial charge in [0.05, 0.1) is 10.5 Å². The molecule has 5 nitrogen and oxygen atoms in total. The van der Waals surface area contributed by atoms with E-state index < -0.39 is 10.5 Å². The van der Waals surface area contributed by atoms with Crippen molar-refractivity contribution < 1.29 is 10.0 Å². The Bertz CT molecular complexity index is 480. The lowest BCUT2D eigenvalue weighted by atomic mass is 9.94. The molecule has 2 rings (SSSR count). The number of benzene rings is 1. The van der Waals surface area contributed by atoms with Crippen LogP contribution in [-0.2, 0) is 0 Å². The fourth-order valence-electron chi connectivity index (χ4n) is 2.80. The highest BCUT2D eigenvalue weighted by molar-refractivity contribution is 5.54. The Hall–Kier alpha value is -1.62. The van der Waals surface area contributed by atoms with Crippen LogP contribution in [0.25, 0.3) is 0 Å². The van der Waals surface area contributed by atoms with Crippen LogP contribution in [0.2, 0.25) is 0 Å². The Balaban J connectivity index is 2.04. The molecular weight excluding hydrogens is 256 g/mol. The maximum Gasteiger partial charge on any atom is 0.271 e. The molecule has 0 amide bonds. The first kappa shape index (κ1) is 14.8. The third kappa shape index (κ3) is 3.93. The van der Waals surface area contributed by atoms with Crippen LogP contribution in [0.5, 0.6) is 0 Å². The van der Waals surface area contributed by atoms with Gasteiger partial charge in [0.1, 0.15) is 0 Å². The van der Waals surface area contributed by atoms with Gasteiger partial charge >= 0.3 is 0 Å². The molecule has 1 aromatic rings. The second kappa shape index (κ2) is 6.22. The van der Waals surface area contributed by atoms with E-state index >= 15 is 0 Å². The molecule has 0 bridgehead atoms. The monoisotopic (exact) mass is 278 g/mol. The Morgan fingerprint density at radius 3 is 2.50 bits per heavy atom. The molecule has 1 aromatic carbocycles. The summed E-state index contributed by atoms with van der Waals surface area (Å²) >= 11 is 0. The normalized spacial score (nSPS) is 18.3. The van der Waals surface area contributed by atoms with Crippen molar-refractivity contribution in [2.45, 2.75) is 51.0 Å². The Kier molecular flexibility index (Phi) is 4.60. The molecule has 1 saturated carbocycles. The van der Waals surface area contributed by atoms with E-state index in [2.05, 4.69) is 5.32 Å². The van der Waals surface area contributed by atoms with Crippen molar-refractivity contribution in [2.24, 2.45) is 0 Å². The highest BCUT2D eigenvalue weighted by atomic mass is 16.6. The van der Waals surface area contributed by atoms with E-state index in [-0.39, 0.29) is 5.69 Å². The summed E-state index contributed by atoms with van der Waals surface area (Å²) in [4.78, 5) is 10.5. The maximum atomic E-state index is 10.8. The van der Waals surface area contributed by atoms with Gasteiger partial charge in [-0.2, -0.15) is 0 Å². The molecule has 0 aromatic heterocycles. The predicted molar refractivity (Wildman–Crippen MR) is 79.0 cm³/mol. The number of nitro groups is 1. The van der Waals surface area contributed by atoms with Gasteiger partial charge in [0, 0.05) is 24.4 Å². The summed E-state index contributed by atoms with van der Waals surface area (Å²) in [7, 11) is 0. The molecular formula is C15H22N2O3. The van der Waals surface area contributed by atoms with E-state index in [1.165, 1.54) is 18.9 Å². The Morgan fingerprint density at radius 2 is 1.90 bits per heavy atom. The minimum atomic E-state index is -0.685. The van der Waals surface area contributed by atoms with Gasteiger partial charge in [-0.3, -0.25) is 10.1 Å². The number of nitro benzene ring substituents is 1. The summed E-state index contributed by atoms with van der Waals surface area (Å²) in [5.41, 5.74) is 0.943. The summed E-state index contributed by atoms with van der Waals surface area (Å²) in [6, 6.07) is 4.94. The molecule has 0 heterocycles. The van der Waals surface area contributed by atoms with Crippen molar-refractivity contribution >= 4 is 11.4 Å². The third-order valence-electron chi connectivity index (χ3n) is 3.93. The SMILES string of the molecule is Cc1cc(NCC2(O)CCCCCC2)cc([N+](=O)[O-])c1. The Morgan fingerprint density at radius 1 is 1.25 bits per heavy atom. The smallest absolute Gasteiger partial charge is 0.271 e. The van der Waals surface area contributed by atoms with Crippen LogP contribution < -0.4 is 5.32 Å². The number of rotatable bonds is 4. The summed E-state index contributed by atoms with van der Waals surface area (Å²) in [5, 5.41) is 24.6. The molecule has 20 heavy (non-hydrogen) atoms. The molecule has 110 valence electrons. The quantitative estimate of drug-likeness (QED) is 0.503. The lowest BCUT2D eigenvalue weighted by Gasteiger charge is -2.27. The highest BCUT2D eigenvalue weighted by Gasteiger charge is 2.27. The van der Waals surface area contributed by atoms with E-state index in [1.54, 1.807) is 6.07 Å². The van der Waals surface area contributed by atoms with Gasteiger partial charge in [-0.05, 0) is 31.4 Å². The molecule has 2 N–H and O–H groups in total. The lowest BCUT2D eigenvalue weighted by Crippen LogP contribution is -2.36. The van der Waals surface area contributed by atoms with Crippen molar-refractivity contribution in [3.05, 3.63) is 33.9 Å².